The van der Waals surface area contributed by atoms with Crippen molar-refractivity contribution in [2.75, 3.05) is 6.54 Å². The number of hydrogen-bond donors (Lipinski definition) is 5. The summed E-state index contributed by atoms with van der Waals surface area (Å²) in [7, 11) is 0. The van der Waals surface area contributed by atoms with E-state index < -0.39 is 65.2 Å². The molecule has 0 bridgehead atoms. The molecule has 1 aromatic rings. The molecule has 302 valence electrons. The topological polar surface area (TPSA) is 197 Å². The van der Waals surface area contributed by atoms with Gasteiger partial charge < -0.3 is 31.7 Å². The van der Waals surface area contributed by atoms with Gasteiger partial charge >= 0.3 is 0 Å². The highest BCUT2D eigenvalue weighted by Crippen LogP contribution is 2.55. The first-order valence-corrected chi connectivity index (χ1v) is 20.3. The minimum absolute atomic E-state index is 0.0946. The van der Waals surface area contributed by atoms with Crippen LogP contribution in [0.2, 0.25) is 0 Å². The molecule has 3 saturated carbocycles. The van der Waals surface area contributed by atoms with Crippen LogP contribution in [-0.4, -0.2) is 86.3 Å². The summed E-state index contributed by atoms with van der Waals surface area (Å²) in [5.41, 5.74) is 4.78. The number of rotatable bonds is 18. The number of nitrogens with one attached hydrogen (secondary N) is 3. The van der Waals surface area contributed by atoms with Gasteiger partial charge in [-0.1, -0.05) is 93.4 Å². The SMILES string of the molecule is CC[C@@H](C(=O)NC(CC1CCC1)C(O)C(N)=O)N(CCC(C)(C)C1(C)CCC1)C(=O)[C@@H](NC(=O)[C@@H](NC(=O)c1cnccn1)C1CCCCC1)C(C)(C)C. The molecule has 5 amide bonds. The molecular weight excluding hydrogens is 686 g/mol. The molecule has 0 spiro atoms. The first-order chi connectivity index (χ1) is 25.4. The van der Waals surface area contributed by atoms with Crippen molar-refractivity contribution in [3.05, 3.63) is 24.3 Å². The quantitative estimate of drug-likeness (QED) is 0.145. The van der Waals surface area contributed by atoms with Gasteiger partial charge in [0.1, 0.15) is 23.8 Å². The second-order valence-corrected chi connectivity index (χ2v) is 18.2. The summed E-state index contributed by atoms with van der Waals surface area (Å²) >= 11 is 0. The number of primary amides is 1. The maximum Gasteiger partial charge on any atom is 0.272 e. The highest BCUT2D eigenvalue weighted by Gasteiger charge is 2.47. The monoisotopic (exact) mass is 754 g/mol. The fraction of sp³-hybridized carbons (Fsp3) is 0.780. The summed E-state index contributed by atoms with van der Waals surface area (Å²) in [6.45, 7) is 14.4. The van der Waals surface area contributed by atoms with Gasteiger partial charge in [0, 0.05) is 18.9 Å². The smallest absolute Gasteiger partial charge is 0.272 e. The number of amides is 5. The van der Waals surface area contributed by atoms with Crippen LogP contribution < -0.4 is 21.7 Å². The highest BCUT2D eigenvalue weighted by molar-refractivity contribution is 5.98. The lowest BCUT2D eigenvalue weighted by Gasteiger charge is -2.52. The number of aliphatic hydroxyl groups is 1. The zero-order valence-corrected chi connectivity index (χ0v) is 33.8. The second kappa shape index (κ2) is 18.3. The summed E-state index contributed by atoms with van der Waals surface area (Å²) in [5, 5.41) is 19.7. The van der Waals surface area contributed by atoms with Crippen molar-refractivity contribution < 1.29 is 29.1 Å². The van der Waals surface area contributed by atoms with Crippen LogP contribution in [-0.2, 0) is 19.2 Å². The Balaban J connectivity index is 1.65. The molecule has 3 fully saturated rings. The van der Waals surface area contributed by atoms with Crippen molar-refractivity contribution in [1.29, 1.82) is 0 Å². The average molecular weight is 754 g/mol. The number of nitrogens with two attached hydrogens (primary N) is 1. The van der Waals surface area contributed by atoms with E-state index in [4.69, 9.17) is 5.73 Å². The van der Waals surface area contributed by atoms with Gasteiger partial charge in [-0.2, -0.15) is 0 Å². The van der Waals surface area contributed by atoms with E-state index in [0.717, 1.165) is 70.6 Å². The minimum atomic E-state index is -1.57. The van der Waals surface area contributed by atoms with Gasteiger partial charge in [0.05, 0.1) is 12.2 Å². The van der Waals surface area contributed by atoms with Crippen molar-refractivity contribution in [3.8, 4) is 0 Å². The predicted molar refractivity (Wildman–Crippen MR) is 206 cm³/mol. The molecule has 3 aliphatic carbocycles. The Kier molecular flexibility index (Phi) is 14.7. The lowest BCUT2D eigenvalue weighted by atomic mass is 9.54. The number of aromatic nitrogens is 2. The van der Waals surface area contributed by atoms with Crippen molar-refractivity contribution >= 4 is 29.5 Å². The van der Waals surface area contributed by atoms with Crippen LogP contribution >= 0.6 is 0 Å². The summed E-state index contributed by atoms with van der Waals surface area (Å²) in [4.78, 5) is 79.0. The number of aliphatic hydroxyl groups excluding tert-OH is 1. The molecule has 6 N–H and O–H groups in total. The highest BCUT2D eigenvalue weighted by atomic mass is 16.3. The van der Waals surface area contributed by atoms with Crippen molar-refractivity contribution in [2.24, 2.45) is 33.8 Å². The average Bonchev–Trinajstić information content (AvgIpc) is 3.10. The normalized spacial score (nSPS) is 20.5. The van der Waals surface area contributed by atoms with E-state index in [0.29, 0.717) is 12.8 Å². The zero-order chi connectivity index (χ0) is 39.8. The van der Waals surface area contributed by atoms with E-state index in [1.165, 1.54) is 18.6 Å². The lowest BCUT2D eigenvalue weighted by molar-refractivity contribution is -0.148. The molecule has 54 heavy (non-hydrogen) atoms. The van der Waals surface area contributed by atoms with Crippen LogP contribution in [0.25, 0.3) is 0 Å². The summed E-state index contributed by atoms with van der Waals surface area (Å²) in [5.74, 6) is -2.63. The Morgan fingerprint density at radius 2 is 1.59 bits per heavy atom. The van der Waals surface area contributed by atoms with Crippen molar-refractivity contribution in [1.82, 2.24) is 30.8 Å². The maximum atomic E-state index is 15.1. The standard InChI is InChI=1S/C41H67N7O6/c1-8-30(36(52)45-28(32(49)34(42)50)24-26-14-12-15-26)48(23-20-40(5,6)41(7)18-13-19-41)38(54)33(39(2,3)4)47-37(53)31(27-16-10-9-11-17-27)46-35(51)29-25-43-21-22-44-29/h21-22,25-28,30-33,49H,8-20,23-24H2,1-7H3,(H2,42,50)(H,45,52)(H,46,51)(H,47,53)/t28?,30-,31-,32?,33+/m0/s1. The molecule has 0 aromatic carbocycles. The largest absolute Gasteiger partial charge is 0.381 e. The third-order valence-corrected chi connectivity index (χ3v) is 13.1. The van der Waals surface area contributed by atoms with Crippen molar-refractivity contribution in [2.45, 2.75) is 169 Å². The summed E-state index contributed by atoms with van der Waals surface area (Å²) in [6.07, 6.45) is 14.7. The minimum Gasteiger partial charge on any atom is -0.381 e. The number of carbonyl (C=O) groups excluding carboxylic acids is 5. The molecule has 0 saturated heterocycles. The Hall–Kier alpha value is -3.61. The summed E-state index contributed by atoms with van der Waals surface area (Å²) < 4.78 is 0. The van der Waals surface area contributed by atoms with Crippen LogP contribution in [0.15, 0.2) is 18.6 Å². The third kappa shape index (κ3) is 10.6. The molecular formula is C41H67N7O6. The number of nitrogens with zero attached hydrogens (tertiary/aromatic N) is 3. The zero-order valence-electron chi connectivity index (χ0n) is 33.8. The van der Waals surface area contributed by atoms with Gasteiger partial charge in [-0.3, -0.25) is 29.0 Å². The van der Waals surface area contributed by atoms with Gasteiger partial charge in [-0.25, -0.2) is 4.98 Å². The Morgan fingerprint density at radius 1 is 0.926 bits per heavy atom. The van der Waals surface area contributed by atoms with Crippen LogP contribution in [0.3, 0.4) is 0 Å². The molecule has 0 aliphatic heterocycles. The van der Waals surface area contributed by atoms with Gasteiger partial charge in [-0.05, 0) is 73.0 Å². The van der Waals surface area contributed by atoms with Crippen molar-refractivity contribution in [3.63, 3.8) is 0 Å². The van der Waals surface area contributed by atoms with E-state index >= 15 is 4.79 Å². The fourth-order valence-electron chi connectivity index (χ4n) is 8.43. The van der Waals surface area contributed by atoms with E-state index in [9.17, 15) is 24.3 Å². The van der Waals surface area contributed by atoms with Crippen LogP contribution in [0.4, 0.5) is 0 Å². The lowest BCUT2D eigenvalue weighted by Crippen LogP contribution is -2.63. The predicted octanol–water partition coefficient (Wildman–Crippen LogP) is 4.42. The molecule has 4 rings (SSSR count). The molecule has 0 radical (unpaired) electrons. The van der Waals surface area contributed by atoms with E-state index in [-0.39, 0.29) is 41.3 Å². The first kappa shape index (κ1) is 43.1. The van der Waals surface area contributed by atoms with Gasteiger partial charge in [0.2, 0.25) is 23.6 Å². The van der Waals surface area contributed by atoms with E-state index in [1.807, 2.05) is 27.7 Å². The third-order valence-electron chi connectivity index (χ3n) is 13.1. The second-order valence-electron chi connectivity index (χ2n) is 18.2. The molecule has 5 atom stereocenters. The fourth-order valence-corrected chi connectivity index (χ4v) is 8.43. The number of hydrogen-bond acceptors (Lipinski definition) is 8. The van der Waals surface area contributed by atoms with E-state index in [2.05, 4.69) is 46.7 Å². The van der Waals surface area contributed by atoms with Gasteiger partial charge in [0.25, 0.3) is 5.91 Å². The van der Waals surface area contributed by atoms with Crippen LogP contribution in [0.5, 0.6) is 0 Å². The van der Waals surface area contributed by atoms with Crippen LogP contribution in [0, 0.1) is 28.1 Å². The molecule has 2 unspecified atom stereocenters. The van der Waals surface area contributed by atoms with Crippen LogP contribution in [0.1, 0.15) is 149 Å². The molecule has 3 aliphatic rings. The Bertz CT molecular complexity index is 1450. The van der Waals surface area contributed by atoms with Gasteiger partial charge in [-0.15, -0.1) is 0 Å². The maximum absolute atomic E-state index is 15.1. The Morgan fingerprint density at radius 3 is 2.09 bits per heavy atom. The Labute approximate surface area is 322 Å². The molecule has 1 aromatic heterocycles. The molecule has 13 heteroatoms. The number of carbonyl (C=O) groups is 5. The molecule has 1 heterocycles. The molecule has 13 nitrogen and oxygen atoms in total. The van der Waals surface area contributed by atoms with E-state index in [1.54, 1.807) is 4.90 Å². The summed E-state index contributed by atoms with van der Waals surface area (Å²) in [6, 6.07) is -3.78. The first-order valence-electron chi connectivity index (χ1n) is 20.3. The van der Waals surface area contributed by atoms with Gasteiger partial charge in [0.15, 0.2) is 6.10 Å².